The van der Waals surface area contributed by atoms with E-state index < -0.39 is 0 Å². The van der Waals surface area contributed by atoms with Crippen molar-refractivity contribution >= 4 is 5.91 Å². The molecule has 1 atom stereocenters. The quantitative estimate of drug-likeness (QED) is 0.567. The molecule has 0 radical (unpaired) electrons. The molecule has 0 saturated carbocycles. The van der Waals surface area contributed by atoms with E-state index in [4.69, 9.17) is 4.74 Å². The van der Waals surface area contributed by atoms with Crippen LogP contribution >= 0.6 is 0 Å². The maximum atomic E-state index is 10.8. The number of nitrogens with one attached hydrogen (secondary N) is 1. The van der Waals surface area contributed by atoms with Gasteiger partial charge in [-0.05, 0) is 0 Å². The first kappa shape index (κ1) is 10.4. The van der Waals surface area contributed by atoms with Crippen LogP contribution in [0.1, 0.15) is 20.8 Å². The Morgan fingerprint density at radius 1 is 1.55 bits per heavy atom. The maximum absolute atomic E-state index is 10.8. The Bertz CT molecular complexity index is 115. The Kier molecular flexibility index (Phi) is 5.84. The molecule has 1 fully saturated rings. The molecule has 3 heteroatoms. The lowest BCUT2D eigenvalue weighted by Gasteiger charge is -2.02. The third kappa shape index (κ3) is 3.98. The summed E-state index contributed by atoms with van der Waals surface area (Å²) in [6.45, 7) is 7.73. The SMILES string of the molecule is CC.CC1COCCNC1=O. The molecule has 1 rings (SSSR count). The minimum absolute atomic E-state index is 0.0208. The van der Waals surface area contributed by atoms with Gasteiger partial charge in [0.15, 0.2) is 0 Å². The third-order valence-corrected chi connectivity index (χ3v) is 1.36. The van der Waals surface area contributed by atoms with Crippen molar-refractivity contribution in [3.05, 3.63) is 0 Å². The summed E-state index contributed by atoms with van der Waals surface area (Å²) in [5.41, 5.74) is 0. The maximum Gasteiger partial charge on any atom is 0.225 e. The van der Waals surface area contributed by atoms with E-state index in [1.807, 2.05) is 20.8 Å². The van der Waals surface area contributed by atoms with Crippen molar-refractivity contribution in [1.82, 2.24) is 5.32 Å². The van der Waals surface area contributed by atoms with Crippen LogP contribution in [0.3, 0.4) is 0 Å². The zero-order valence-corrected chi connectivity index (χ0v) is 7.52. The summed E-state index contributed by atoms with van der Waals surface area (Å²) in [5, 5.41) is 2.73. The first-order chi connectivity index (χ1) is 5.30. The molecule has 1 amide bonds. The number of hydrogen-bond donors (Lipinski definition) is 1. The summed E-state index contributed by atoms with van der Waals surface area (Å²) in [5.74, 6) is 0.125. The number of carbonyl (C=O) groups excluding carboxylic acids is 1. The van der Waals surface area contributed by atoms with Gasteiger partial charge in [0, 0.05) is 6.54 Å². The summed E-state index contributed by atoms with van der Waals surface area (Å²) in [7, 11) is 0. The molecule has 66 valence electrons. The second-order valence-electron chi connectivity index (χ2n) is 2.27. The highest BCUT2D eigenvalue weighted by atomic mass is 16.5. The molecule has 3 nitrogen and oxygen atoms in total. The highest BCUT2D eigenvalue weighted by Gasteiger charge is 2.14. The highest BCUT2D eigenvalue weighted by molar-refractivity contribution is 5.78. The lowest BCUT2D eigenvalue weighted by Crippen LogP contribution is -2.28. The van der Waals surface area contributed by atoms with Crippen LogP contribution in [0.4, 0.5) is 0 Å². The average molecular weight is 159 g/mol. The zero-order chi connectivity index (χ0) is 8.69. The van der Waals surface area contributed by atoms with E-state index >= 15 is 0 Å². The monoisotopic (exact) mass is 159 g/mol. The Morgan fingerprint density at radius 3 is 2.82 bits per heavy atom. The number of ether oxygens (including phenoxy) is 1. The van der Waals surface area contributed by atoms with Gasteiger partial charge in [0.05, 0.1) is 19.1 Å². The van der Waals surface area contributed by atoms with Gasteiger partial charge in [0.25, 0.3) is 0 Å². The van der Waals surface area contributed by atoms with Crippen molar-refractivity contribution in [2.75, 3.05) is 19.8 Å². The minimum Gasteiger partial charge on any atom is -0.379 e. The fourth-order valence-electron chi connectivity index (χ4n) is 0.756. The van der Waals surface area contributed by atoms with Crippen LogP contribution in [0.2, 0.25) is 0 Å². The molecule has 0 aliphatic carbocycles. The Labute approximate surface area is 68.1 Å². The standard InChI is InChI=1S/C6H11NO2.C2H6/c1-5-4-9-3-2-7-6(5)8;1-2/h5H,2-4H2,1H3,(H,7,8);1-2H3. The molecule has 0 bridgehead atoms. The molecule has 0 aromatic heterocycles. The Hall–Kier alpha value is -0.570. The van der Waals surface area contributed by atoms with Crippen molar-refractivity contribution in [1.29, 1.82) is 0 Å². The van der Waals surface area contributed by atoms with Crippen LogP contribution < -0.4 is 5.32 Å². The van der Waals surface area contributed by atoms with E-state index in [0.717, 1.165) is 0 Å². The summed E-state index contributed by atoms with van der Waals surface area (Å²) in [6.07, 6.45) is 0. The Morgan fingerprint density at radius 2 is 2.18 bits per heavy atom. The molecular weight excluding hydrogens is 142 g/mol. The topological polar surface area (TPSA) is 38.3 Å². The van der Waals surface area contributed by atoms with E-state index in [1.54, 1.807) is 0 Å². The molecule has 0 aromatic rings. The predicted octanol–water partition coefficient (Wildman–Crippen LogP) is 0.795. The van der Waals surface area contributed by atoms with E-state index in [0.29, 0.717) is 19.8 Å². The molecule has 0 aromatic carbocycles. The van der Waals surface area contributed by atoms with Crippen LogP contribution in [0, 0.1) is 5.92 Å². The number of carbonyl (C=O) groups is 1. The average Bonchev–Trinajstić information content (AvgIpc) is 2.22. The van der Waals surface area contributed by atoms with Crippen molar-refractivity contribution < 1.29 is 9.53 Å². The van der Waals surface area contributed by atoms with Crippen molar-refractivity contribution in [2.45, 2.75) is 20.8 Å². The van der Waals surface area contributed by atoms with Gasteiger partial charge in [0.1, 0.15) is 0 Å². The van der Waals surface area contributed by atoms with E-state index in [-0.39, 0.29) is 11.8 Å². The van der Waals surface area contributed by atoms with Gasteiger partial charge in [-0.25, -0.2) is 0 Å². The summed E-state index contributed by atoms with van der Waals surface area (Å²) >= 11 is 0. The number of hydrogen-bond acceptors (Lipinski definition) is 2. The second kappa shape index (κ2) is 6.16. The minimum atomic E-state index is 0.0208. The lowest BCUT2D eigenvalue weighted by atomic mass is 10.2. The van der Waals surface area contributed by atoms with Gasteiger partial charge in [0.2, 0.25) is 5.91 Å². The first-order valence-corrected chi connectivity index (χ1v) is 4.16. The van der Waals surface area contributed by atoms with Gasteiger partial charge in [-0.2, -0.15) is 0 Å². The molecule has 1 aliphatic rings. The van der Waals surface area contributed by atoms with E-state index in [2.05, 4.69) is 5.32 Å². The van der Waals surface area contributed by atoms with Crippen LogP contribution in [0.15, 0.2) is 0 Å². The van der Waals surface area contributed by atoms with Crippen LogP contribution in [-0.2, 0) is 9.53 Å². The van der Waals surface area contributed by atoms with Gasteiger partial charge >= 0.3 is 0 Å². The smallest absolute Gasteiger partial charge is 0.225 e. The Balaban J connectivity index is 0.000000461. The largest absolute Gasteiger partial charge is 0.379 e. The van der Waals surface area contributed by atoms with Crippen molar-refractivity contribution in [3.8, 4) is 0 Å². The molecule has 1 aliphatic heterocycles. The molecule has 1 heterocycles. The van der Waals surface area contributed by atoms with Crippen molar-refractivity contribution in [2.24, 2.45) is 5.92 Å². The molecule has 11 heavy (non-hydrogen) atoms. The van der Waals surface area contributed by atoms with Gasteiger partial charge < -0.3 is 10.1 Å². The second-order valence-corrected chi connectivity index (χ2v) is 2.27. The molecule has 0 spiro atoms. The third-order valence-electron chi connectivity index (χ3n) is 1.36. The van der Waals surface area contributed by atoms with Crippen molar-refractivity contribution in [3.63, 3.8) is 0 Å². The van der Waals surface area contributed by atoms with E-state index in [9.17, 15) is 4.79 Å². The van der Waals surface area contributed by atoms with Crippen LogP contribution in [0.25, 0.3) is 0 Å². The molecule has 1 unspecified atom stereocenters. The molecule has 1 N–H and O–H groups in total. The summed E-state index contributed by atoms with van der Waals surface area (Å²) < 4.78 is 5.09. The molecule has 1 saturated heterocycles. The predicted molar refractivity (Wildman–Crippen MR) is 44.3 cm³/mol. The lowest BCUT2D eigenvalue weighted by molar-refractivity contribution is -0.124. The highest BCUT2D eigenvalue weighted by Crippen LogP contribution is 1.97. The zero-order valence-electron chi connectivity index (χ0n) is 7.52. The summed E-state index contributed by atoms with van der Waals surface area (Å²) in [6, 6.07) is 0. The van der Waals surface area contributed by atoms with Gasteiger partial charge in [-0.1, -0.05) is 20.8 Å². The van der Waals surface area contributed by atoms with Crippen LogP contribution in [-0.4, -0.2) is 25.7 Å². The normalized spacial score (nSPS) is 24.3. The van der Waals surface area contributed by atoms with Gasteiger partial charge in [-0.3, -0.25) is 4.79 Å². The first-order valence-electron chi connectivity index (χ1n) is 4.16. The van der Waals surface area contributed by atoms with Crippen LogP contribution in [0.5, 0.6) is 0 Å². The summed E-state index contributed by atoms with van der Waals surface area (Å²) in [4.78, 5) is 10.8. The fraction of sp³-hybridized carbons (Fsp3) is 0.875. The fourth-order valence-corrected chi connectivity index (χ4v) is 0.756. The number of rotatable bonds is 0. The van der Waals surface area contributed by atoms with E-state index in [1.165, 1.54) is 0 Å². The number of amides is 1. The molecular formula is C8H17NO2. The van der Waals surface area contributed by atoms with Gasteiger partial charge in [-0.15, -0.1) is 0 Å².